The molecule has 2 heterocycles. The van der Waals surface area contributed by atoms with Crippen molar-refractivity contribution in [1.29, 1.82) is 0 Å². The molecule has 1 N–H and O–H groups in total. The number of hydrogen-bond acceptors (Lipinski definition) is 3. The van der Waals surface area contributed by atoms with Crippen molar-refractivity contribution in [2.45, 2.75) is 0 Å². The fourth-order valence-electron chi connectivity index (χ4n) is 0.881. The normalized spacial score (nSPS) is 21.1. The molecule has 1 aliphatic heterocycles. The van der Waals surface area contributed by atoms with Crippen LogP contribution in [0.4, 0.5) is 11.5 Å². The minimum absolute atomic E-state index is 0.743. The highest BCUT2D eigenvalue weighted by Crippen LogP contribution is 2.18. The maximum atomic E-state index is 4.98. The van der Waals surface area contributed by atoms with Crippen LogP contribution in [0.5, 0.6) is 0 Å². The van der Waals surface area contributed by atoms with E-state index in [1.807, 2.05) is 12.1 Å². The fourth-order valence-corrected chi connectivity index (χ4v) is 1.09. The zero-order valence-corrected chi connectivity index (χ0v) is 5.93. The molecular weight excluding hydrogens is 146 g/mol. The summed E-state index contributed by atoms with van der Waals surface area (Å²) in [4.78, 5) is 8.03. The lowest BCUT2D eigenvalue weighted by atomic mass is 10.4. The third-order valence-electron chi connectivity index (χ3n) is 1.36. The first-order chi connectivity index (χ1) is 4.88. The monoisotopic (exact) mass is 151 g/mol. The van der Waals surface area contributed by atoms with E-state index in [1.54, 1.807) is 12.5 Å². The molecule has 1 aliphatic rings. The molecule has 10 heavy (non-hydrogen) atoms. The van der Waals surface area contributed by atoms with Crippen LogP contribution >= 0.6 is 0 Å². The molecule has 0 amide bonds. The Kier molecular flexibility index (Phi) is 1.22. The van der Waals surface area contributed by atoms with Gasteiger partial charge < -0.3 is 17.1 Å². The second kappa shape index (κ2) is 2.07. The molecule has 0 aliphatic carbocycles. The third-order valence-corrected chi connectivity index (χ3v) is 1.68. The van der Waals surface area contributed by atoms with Gasteiger partial charge in [-0.25, -0.2) is 4.98 Å². The van der Waals surface area contributed by atoms with Gasteiger partial charge in [-0.1, -0.05) is 0 Å². The molecule has 1 unspecified atom stereocenters. The van der Waals surface area contributed by atoms with Gasteiger partial charge in [0.05, 0.1) is 0 Å². The number of aromatic nitrogens is 1. The predicted octanol–water partition coefficient (Wildman–Crippen LogP) is -0.267. The molecule has 3 nitrogen and oxygen atoms in total. The van der Waals surface area contributed by atoms with Crippen molar-refractivity contribution >= 4 is 30.7 Å². The van der Waals surface area contributed by atoms with Crippen LogP contribution in [0, 0.1) is 0 Å². The third kappa shape index (κ3) is 0.732. The van der Waals surface area contributed by atoms with Crippen molar-refractivity contribution in [3.8, 4) is 0 Å². The van der Waals surface area contributed by atoms with Gasteiger partial charge in [0.2, 0.25) is 5.82 Å². The number of hydrogen-bond donors (Lipinski definition) is 1. The summed E-state index contributed by atoms with van der Waals surface area (Å²) < 4.78 is 0.781. The van der Waals surface area contributed by atoms with Gasteiger partial charge in [-0.3, -0.25) is 0 Å². The number of rotatable bonds is 0. The van der Waals surface area contributed by atoms with Crippen molar-refractivity contribution in [1.82, 2.24) is 4.98 Å². The molecule has 0 saturated carbocycles. The molecule has 2 rings (SSSR count). The predicted molar refractivity (Wildman–Crippen MR) is 40.4 cm³/mol. The minimum atomic E-state index is 0.743. The topological polar surface area (TPSA) is 29.7 Å². The molecule has 0 spiro atoms. The second-order valence-electron chi connectivity index (χ2n) is 2.00. The smallest absolute Gasteiger partial charge is 0.218 e. The number of fused-ring (bicyclic) bond motifs is 1. The van der Waals surface area contributed by atoms with E-state index in [0.29, 0.717) is 0 Å². The summed E-state index contributed by atoms with van der Waals surface area (Å²) in [6.45, 7) is 0. The van der Waals surface area contributed by atoms with Crippen LogP contribution in [-0.4, -0.2) is 11.3 Å². The first kappa shape index (κ1) is 5.88. The number of aliphatic imine (C=N–C) groups is 1. The lowest BCUT2D eigenvalue weighted by Gasteiger charge is -2.10. The summed E-state index contributed by atoms with van der Waals surface area (Å²) >= 11 is 4.98. The average Bonchev–Trinajstić information content (AvgIpc) is 2.34. The van der Waals surface area contributed by atoms with E-state index >= 15 is 0 Å². The molecule has 0 fully saturated rings. The minimum Gasteiger partial charge on any atom is -0.482 e. The van der Waals surface area contributed by atoms with Gasteiger partial charge in [0.15, 0.2) is 12.0 Å². The highest BCUT2D eigenvalue weighted by atomic mass is 32.1. The van der Waals surface area contributed by atoms with Crippen LogP contribution in [-0.2, 0) is 12.8 Å². The van der Waals surface area contributed by atoms with Crippen molar-refractivity contribution in [2.75, 3.05) is 0 Å². The molecule has 1 aromatic rings. The summed E-state index contributed by atoms with van der Waals surface area (Å²) in [5.74, 6) is 0.743. The molecule has 1 atom stereocenters. The standard InChI is InChI=1S/C6H5N3S/c10-9-4-8-6-5(9)2-1-3-7-6/h1-4,9H. The highest BCUT2D eigenvalue weighted by Gasteiger charge is 2.11. The largest absolute Gasteiger partial charge is 0.482 e. The Morgan fingerprint density at radius 3 is 3.20 bits per heavy atom. The summed E-state index contributed by atoms with van der Waals surface area (Å²) in [5.41, 5.74) is 0.970. The van der Waals surface area contributed by atoms with Gasteiger partial charge in [-0.05, 0) is 6.07 Å². The SMILES string of the molecule is [S-][NH+]1C=Nc2ncccc21. The van der Waals surface area contributed by atoms with Gasteiger partial charge in [-0.2, -0.15) is 4.99 Å². The quantitative estimate of drug-likeness (QED) is 0.517. The lowest BCUT2D eigenvalue weighted by Crippen LogP contribution is -2.99. The number of pyridine rings is 1. The van der Waals surface area contributed by atoms with E-state index in [9.17, 15) is 0 Å². The molecule has 4 heteroatoms. The summed E-state index contributed by atoms with van der Waals surface area (Å²) in [7, 11) is 0. The zero-order valence-electron chi connectivity index (χ0n) is 5.11. The Bertz CT molecular complexity index is 284. The van der Waals surface area contributed by atoms with Crippen molar-refractivity contribution in [2.24, 2.45) is 4.99 Å². The number of nitrogens with zero attached hydrogens (tertiary/aromatic N) is 2. The summed E-state index contributed by atoms with van der Waals surface area (Å²) in [6.07, 6.45) is 3.37. The Balaban J connectivity index is 2.59. The van der Waals surface area contributed by atoms with Crippen LogP contribution in [0.15, 0.2) is 23.3 Å². The van der Waals surface area contributed by atoms with Gasteiger partial charge in [-0.15, -0.1) is 0 Å². The maximum absolute atomic E-state index is 4.98. The van der Waals surface area contributed by atoms with Crippen molar-refractivity contribution in [3.63, 3.8) is 0 Å². The number of nitrogens with one attached hydrogen (secondary N) is 1. The molecular formula is C6H5N3S. The van der Waals surface area contributed by atoms with E-state index in [-0.39, 0.29) is 0 Å². The summed E-state index contributed by atoms with van der Waals surface area (Å²) in [5, 5.41) is 0. The molecule has 0 aromatic carbocycles. The molecule has 0 saturated heterocycles. The van der Waals surface area contributed by atoms with E-state index < -0.39 is 0 Å². The molecule has 1 aromatic heterocycles. The first-order valence-corrected chi connectivity index (χ1v) is 3.32. The first-order valence-electron chi connectivity index (χ1n) is 2.91. The van der Waals surface area contributed by atoms with E-state index in [2.05, 4.69) is 9.98 Å². The fraction of sp³-hybridized carbons (Fsp3) is 0. The Morgan fingerprint density at radius 2 is 2.40 bits per heavy atom. The van der Waals surface area contributed by atoms with Crippen LogP contribution in [0.25, 0.3) is 0 Å². The van der Waals surface area contributed by atoms with Crippen LogP contribution in [0.1, 0.15) is 0 Å². The van der Waals surface area contributed by atoms with Gasteiger partial charge in [0, 0.05) is 12.3 Å². The lowest BCUT2D eigenvalue weighted by molar-refractivity contribution is -0.543. The second-order valence-corrected chi connectivity index (χ2v) is 2.44. The van der Waals surface area contributed by atoms with Crippen LogP contribution < -0.4 is 4.31 Å². The zero-order chi connectivity index (χ0) is 6.97. The molecule has 50 valence electrons. The van der Waals surface area contributed by atoms with Crippen molar-refractivity contribution < 1.29 is 4.31 Å². The molecule has 0 bridgehead atoms. The Morgan fingerprint density at radius 1 is 1.50 bits per heavy atom. The van der Waals surface area contributed by atoms with E-state index in [4.69, 9.17) is 12.8 Å². The Labute approximate surface area is 64.0 Å². The maximum Gasteiger partial charge on any atom is 0.218 e. The number of quaternary nitrogens is 1. The Hall–Kier alpha value is -0.870. The van der Waals surface area contributed by atoms with Crippen molar-refractivity contribution in [3.05, 3.63) is 18.3 Å². The summed E-state index contributed by atoms with van der Waals surface area (Å²) in [6, 6.07) is 3.79. The van der Waals surface area contributed by atoms with E-state index in [1.165, 1.54) is 0 Å². The average molecular weight is 151 g/mol. The van der Waals surface area contributed by atoms with Crippen LogP contribution in [0.3, 0.4) is 0 Å². The highest BCUT2D eigenvalue weighted by molar-refractivity contribution is 7.51. The van der Waals surface area contributed by atoms with Gasteiger partial charge in [0.25, 0.3) is 0 Å². The van der Waals surface area contributed by atoms with Gasteiger partial charge >= 0.3 is 0 Å². The van der Waals surface area contributed by atoms with Gasteiger partial charge in [0.1, 0.15) is 0 Å². The molecule has 0 radical (unpaired) electrons. The van der Waals surface area contributed by atoms with Crippen LogP contribution in [0.2, 0.25) is 0 Å². The van der Waals surface area contributed by atoms with E-state index in [0.717, 1.165) is 15.8 Å².